The lowest BCUT2D eigenvalue weighted by atomic mass is 9.95. The standard InChI is InChI=1S/C13H17N3O2/c14-8-11(6-10-4-2-1-3-5-10)7-12(9-15)18-13(16)17/h1-5,11-12H,6-7,9,15H2,(H2,16,17). The number of amides is 1. The molecule has 0 aliphatic carbocycles. The number of nitriles is 1. The maximum Gasteiger partial charge on any atom is 0.404 e. The molecule has 5 heteroatoms. The molecule has 1 amide bonds. The fourth-order valence-electron chi connectivity index (χ4n) is 1.75. The molecule has 5 nitrogen and oxygen atoms in total. The number of hydrogen-bond donors (Lipinski definition) is 2. The van der Waals surface area contributed by atoms with Gasteiger partial charge in [0.15, 0.2) is 0 Å². The maximum atomic E-state index is 10.7. The molecule has 0 bridgehead atoms. The molecule has 0 saturated carbocycles. The van der Waals surface area contributed by atoms with Crippen molar-refractivity contribution in [3.8, 4) is 6.07 Å². The summed E-state index contributed by atoms with van der Waals surface area (Å²) in [5.74, 6) is -0.250. The van der Waals surface area contributed by atoms with Gasteiger partial charge in [-0.05, 0) is 12.0 Å². The molecule has 2 unspecified atom stereocenters. The Bertz CT molecular complexity index is 414. The second-order valence-electron chi connectivity index (χ2n) is 4.05. The molecule has 1 aromatic carbocycles. The molecule has 4 N–H and O–H groups in total. The lowest BCUT2D eigenvalue weighted by molar-refractivity contribution is 0.0993. The van der Waals surface area contributed by atoms with Crippen LogP contribution in [0.1, 0.15) is 12.0 Å². The normalized spacial score (nSPS) is 13.3. The van der Waals surface area contributed by atoms with E-state index in [0.29, 0.717) is 12.8 Å². The third-order valence-electron chi connectivity index (χ3n) is 2.60. The van der Waals surface area contributed by atoms with Crippen molar-refractivity contribution in [3.63, 3.8) is 0 Å². The van der Waals surface area contributed by atoms with E-state index in [1.807, 2.05) is 30.3 Å². The number of primary amides is 1. The second kappa shape index (κ2) is 7.30. The first-order chi connectivity index (χ1) is 8.65. The summed E-state index contributed by atoms with van der Waals surface area (Å²) < 4.78 is 4.83. The van der Waals surface area contributed by atoms with Gasteiger partial charge < -0.3 is 16.2 Å². The summed E-state index contributed by atoms with van der Waals surface area (Å²) in [5.41, 5.74) is 11.5. The summed E-state index contributed by atoms with van der Waals surface area (Å²) in [6.07, 6.45) is -0.362. The zero-order valence-corrected chi connectivity index (χ0v) is 10.1. The number of nitrogens with two attached hydrogens (primary N) is 2. The first-order valence-corrected chi connectivity index (χ1v) is 5.75. The monoisotopic (exact) mass is 247 g/mol. The molecule has 0 heterocycles. The van der Waals surface area contributed by atoms with Gasteiger partial charge in [0.05, 0.1) is 12.0 Å². The molecule has 0 aliphatic heterocycles. The second-order valence-corrected chi connectivity index (χ2v) is 4.05. The minimum Gasteiger partial charge on any atom is -0.445 e. The highest BCUT2D eigenvalue weighted by atomic mass is 16.6. The van der Waals surface area contributed by atoms with Gasteiger partial charge in [-0.2, -0.15) is 5.26 Å². The van der Waals surface area contributed by atoms with E-state index in [2.05, 4.69) is 6.07 Å². The van der Waals surface area contributed by atoms with Gasteiger partial charge in [0.25, 0.3) is 0 Å². The molecule has 1 aromatic rings. The average Bonchev–Trinajstić information content (AvgIpc) is 2.37. The lowest BCUT2D eigenvalue weighted by Crippen LogP contribution is -2.31. The van der Waals surface area contributed by atoms with Crippen LogP contribution in [0.25, 0.3) is 0 Å². The largest absolute Gasteiger partial charge is 0.445 e. The van der Waals surface area contributed by atoms with Crippen molar-refractivity contribution in [3.05, 3.63) is 35.9 Å². The number of carbonyl (C=O) groups is 1. The Morgan fingerprint density at radius 3 is 2.56 bits per heavy atom. The molecule has 0 saturated heterocycles. The highest BCUT2D eigenvalue weighted by Gasteiger charge is 2.18. The van der Waals surface area contributed by atoms with Crippen LogP contribution in [0.4, 0.5) is 4.79 Å². The van der Waals surface area contributed by atoms with Crippen LogP contribution in [0.3, 0.4) is 0 Å². The van der Waals surface area contributed by atoms with E-state index in [4.69, 9.17) is 21.5 Å². The first-order valence-electron chi connectivity index (χ1n) is 5.75. The summed E-state index contributed by atoms with van der Waals surface area (Å²) in [7, 11) is 0. The van der Waals surface area contributed by atoms with Gasteiger partial charge in [0, 0.05) is 13.0 Å². The highest BCUT2D eigenvalue weighted by Crippen LogP contribution is 2.15. The predicted molar refractivity (Wildman–Crippen MR) is 67.4 cm³/mol. The zero-order valence-electron chi connectivity index (χ0n) is 10.1. The molecular formula is C13H17N3O2. The van der Waals surface area contributed by atoms with Gasteiger partial charge in [0.1, 0.15) is 6.10 Å². The van der Waals surface area contributed by atoms with Gasteiger partial charge >= 0.3 is 6.09 Å². The van der Waals surface area contributed by atoms with Crippen LogP contribution in [0, 0.1) is 17.2 Å². The van der Waals surface area contributed by atoms with Gasteiger partial charge in [0.2, 0.25) is 0 Å². The Hall–Kier alpha value is -2.06. The van der Waals surface area contributed by atoms with Crippen LogP contribution >= 0.6 is 0 Å². The van der Waals surface area contributed by atoms with Crippen molar-refractivity contribution < 1.29 is 9.53 Å². The molecule has 0 aromatic heterocycles. The van der Waals surface area contributed by atoms with Crippen LogP contribution in [0.15, 0.2) is 30.3 Å². The van der Waals surface area contributed by atoms with E-state index in [0.717, 1.165) is 5.56 Å². The SMILES string of the molecule is N#CC(Cc1ccccc1)CC(CN)OC(N)=O. The topological polar surface area (TPSA) is 102 Å². The third-order valence-corrected chi connectivity index (χ3v) is 2.60. The van der Waals surface area contributed by atoms with Gasteiger partial charge in [-0.1, -0.05) is 30.3 Å². The van der Waals surface area contributed by atoms with Crippen molar-refractivity contribution in [1.29, 1.82) is 5.26 Å². The summed E-state index contributed by atoms with van der Waals surface area (Å²) >= 11 is 0. The number of benzene rings is 1. The first kappa shape index (κ1) is 14.0. The average molecular weight is 247 g/mol. The molecule has 0 radical (unpaired) electrons. The smallest absolute Gasteiger partial charge is 0.404 e. The van der Waals surface area contributed by atoms with Crippen molar-refractivity contribution in [1.82, 2.24) is 0 Å². The van der Waals surface area contributed by atoms with Crippen LogP contribution in [0.5, 0.6) is 0 Å². The number of carbonyl (C=O) groups excluding carboxylic acids is 1. The Morgan fingerprint density at radius 1 is 1.39 bits per heavy atom. The predicted octanol–water partition coefficient (Wildman–Crippen LogP) is 1.18. The molecule has 1 rings (SSSR count). The zero-order chi connectivity index (χ0) is 13.4. The summed E-state index contributed by atoms with van der Waals surface area (Å²) in [5, 5.41) is 9.10. The van der Waals surface area contributed by atoms with Gasteiger partial charge in [-0.25, -0.2) is 4.79 Å². The lowest BCUT2D eigenvalue weighted by Gasteiger charge is -2.17. The van der Waals surface area contributed by atoms with E-state index >= 15 is 0 Å². The summed E-state index contributed by atoms with van der Waals surface area (Å²) in [6, 6.07) is 11.9. The van der Waals surface area contributed by atoms with Crippen LogP contribution in [-0.4, -0.2) is 18.7 Å². The molecule has 18 heavy (non-hydrogen) atoms. The van der Waals surface area contributed by atoms with E-state index in [-0.39, 0.29) is 12.5 Å². The van der Waals surface area contributed by atoms with Crippen LogP contribution in [0.2, 0.25) is 0 Å². The summed E-state index contributed by atoms with van der Waals surface area (Å²) in [4.78, 5) is 10.7. The minimum atomic E-state index is -0.859. The molecule has 0 fully saturated rings. The van der Waals surface area contributed by atoms with Crippen LogP contribution in [-0.2, 0) is 11.2 Å². The molecule has 0 spiro atoms. The summed E-state index contributed by atoms with van der Waals surface area (Å²) in [6.45, 7) is 0.163. The fourth-order valence-corrected chi connectivity index (χ4v) is 1.75. The minimum absolute atomic E-state index is 0.163. The number of nitrogens with zero attached hydrogens (tertiary/aromatic N) is 1. The third kappa shape index (κ3) is 4.85. The molecular weight excluding hydrogens is 230 g/mol. The molecule has 0 aliphatic rings. The number of ether oxygens (including phenoxy) is 1. The highest BCUT2D eigenvalue weighted by molar-refractivity contribution is 5.64. The van der Waals surface area contributed by atoms with Crippen LogP contribution < -0.4 is 11.5 Å². The Morgan fingerprint density at radius 2 is 2.06 bits per heavy atom. The quantitative estimate of drug-likeness (QED) is 0.787. The number of hydrogen-bond acceptors (Lipinski definition) is 4. The Kier molecular flexibility index (Phi) is 5.68. The van der Waals surface area contributed by atoms with Crippen molar-refractivity contribution >= 4 is 6.09 Å². The van der Waals surface area contributed by atoms with Crippen molar-refractivity contribution in [2.45, 2.75) is 18.9 Å². The molecule has 2 atom stereocenters. The van der Waals surface area contributed by atoms with Crippen molar-refractivity contribution in [2.24, 2.45) is 17.4 Å². The Balaban J connectivity index is 2.56. The Labute approximate surface area is 106 Å². The van der Waals surface area contributed by atoms with Gasteiger partial charge in [-0.15, -0.1) is 0 Å². The van der Waals surface area contributed by atoms with E-state index in [1.54, 1.807) is 0 Å². The van der Waals surface area contributed by atoms with E-state index in [9.17, 15) is 4.79 Å². The molecule has 96 valence electrons. The number of rotatable bonds is 6. The van der Waals surface area contributed by atoms with Gasteiger partial charge in [-0.3, -0.25) is 0 Å². The van der Waals surface area contributed by atoms with E-state index < -0.39 is 12.2 Å². The van der Waals surface area contributed by atoms with E-state index in [1.165, 1.54) is 0 Å². The van der Waals surface area contributed by atoms with Crippen molar-refractivity contribution in [2.75, 3.05) is 6.54 Å². The fraction of sp³-hybridized carbons (Fsp3) is 0.385. The maximum absolute atomic E-state index is 10.7.